The van der Waals surface area contributed by atoms with Crippen LogP contribution in [0.25, 0.3) is 0 Å². The fourth-order valence-corrected chi connectivity index (χ4v) is 3.30. The molecule has 90 valence electrons. The van der Waals surface area contributed by atoms with Gasteiger partial charge in [-0.15, -0.1) is 11.3 Å². The van der Waals surface area contributed by atoms with Gasteiger partial charge in [-0.2, -0.15) is 0 Å². The van der Waals surface area contributed by atoms with Crippen LogP contribution < -0.4 is 10.5 Å². The van der Waals surface area contributed by atoms with E-state index < -0.39 is 0 Å². The van der Waals surface area contributed by atoms with Gasteiger partial charge in [-0.25, -0.2) is 0 Å². The molecule has 0 fully saturated rings. The molecule has 2 nitrogen and oxygen atoms in total. The Kier molecular flexibility index (Phi) is 4.62. The van der Waals surface area contributed by atoms with Crippen LogP contribution in [-0.2, 0) is 13.2 Å². The fourth-order valence-electron chi connectivity index (χ4n) is 1.37. The van der Waals surface area contributed by atoms with Crippen LogP contribution in [0.1, 0.15) is 10.4 Å². The van der Waals surface area contributed by atoms with Gasteiger partial charge in [-0.3, -0.25) is 0 Å². The number of nitrogens with two attached hydrogens (primary N) is 1. The summed E-state index contributed by atoms with van der Waals surface area (Å²) < 4.78 is 7.80. The van der Waals surface area contributed by atoms with Crippen molar-refractivity contribution < 1.29 is 4.74 Å². The van der Waals surface area contributed by atoms with Crippen molar-refractivity contribution in [1.82, 2.24) is 0 Å². The molecule has 0 unspecified atom stereocenters. The molecule has 0 saturated heterocycles. The average molecular weight is 377 g/mol. The molecule has 0 bridgehead atoms. The van der Waals surface area contributed by atoms with Crippen LogP contribution in [0.5, 0.6) is 5.75 Å². The van der Waals surface area contributed by atoms with Crippen LogP contribution in [-0.4, -0.2) is 0 Å². The fraction of sp³-hybridized carbons (Fsp3) is 0.167. The lowest BCUT2D eigenvalue weighted by Gasteiger charge is -2.08. The van der Waals surface area contributed by atoms with E-state index in [-0.39, 0.29) is 0 Å². The van der Waals surface area contributed by atoms with E-state index in [1.54, 1.807) is 11.3 Å². The average Bonchev–Trinajstić information content (AvgIpc) is 2.73. The number of hydrogen-bond donors (Lipinski definition) is 1. The molecule has 0 amide bonds. The summed E-state index contributed by atoms with van der Waals surface area (Å²) in [6.07, 6.45) is 0. The Balaban J connectivity index is 2.04. The molecule has 1 aromatic heterocycles. The summed E-state index contributed by atoms with van der Waals surface area (Å²) in [5, 5.41) is 0. The van der Waals surface area contributed by atoms with Crippen molar-refractivity contribution >= 4 is 43.2 Å². The number of benzene rings is 1. The van der Waals surface area contributed by atoms with Crippen molar-refractivity contribution in [2.75, 3.05) is 0 Å². The molecule has 0 aliphatic heterocycles. The maximum Gasteiger partial charge on any atom is 0.134 e. The highest BCUT2D eigenvalue weighted by Crippen LogP contribution is 2.28. The van der Waals surface area contributed by atoms with Crippen molar-refractivity contribution in [2.24, 2.45) is 5.73 Å². The van der Waals surface area contributed by atoms with Crippen LogP contribution >= 0.6 is 43.2 Å². The van der Waals surface area contributed by atoms with E-state index in [1.165, 1.54) is 4.88 Å². The molecule has 2 N–H and O–H groups in total. The first-order chi connectivity index (χ1) is 8.19. The van der Waals surface area contributed by atoms with E-state index in [0.29, 0.717) is 13.2 Å². The van der Waals surface area contributed by atoms with Crippen LogP contribution in [0.3, 0.4) is 0 Å². The summed E-state index contributed by atoms with van der Waals surface area (Å²) in [6.45, 7) is 1.12. The van der Waals surface area contributed by atoms with Gasteiger partial charge < -0.3 is 10.5 Å². The van der Waals surface area contributed by atoms with E-state index in [2.05, 4.69) is 37.9 Å². The summed E-state index contributed by atoms with van der Waals surface area (Å²) in [5.41, 5.74) is 6.66. The quantitative estimate of drug-likeness (QED) is 0.862. The maximum atomic E-state index is 5.74. The summed E-state index contributed by atoms with van der Waals surface area (Å²) in [4.78, 5) is 1.19. The minimum absolute atomic E-state index is 0.538. The van der Waals surface area contributed by atoms with E-state index in [1.807, 2.05) is 24.3 Å². The van der Waals surface area contributed by atoms with E-state index in [0.717, 1.165) is 19.6 Å². The SMILES string of the molecule is NCc1ccc(OCc2ccc(Br)s2)c(Br)c1. The van der Waals surface area contributed by atoms with Gasteiger partial charge in [0, 0.05) is 11.4 Å². The molecule has 0 spiro atoms. The molecule has 17 heavy (non-hydrogen) atoms. The predicted octanol–water partition coefficient (Wildman–Crippen LogP) is 4.31. The Hall–Kier alpha value is -0.360. The largest absolute Gasteiger partial charge is 0.487 e. The first-order valence-electron chi connectivity index (χ1n) is 5.04. The van der Waals surface area contributed by atoms with Crippen LogP contribution in [0.15, 0.2) is 38.6 Å². The van der Waals surface area contributed by atoms with Gasteiger partial charge in [0.15, 0.2) is 0 Å². The van der Waals surface area contributed by atoms with E-state index >= 15 is 0 Å². The Morgan fingerprint density at radius 1 is 1.18 bits per heavy atom. The highest BCUT2D eigenvalue weighted by Gasteiger charge is 2.04. The van der Waals surface area contributed by atoms with Gasteiger partial charge in [-0.1, -0.05) is 6.07 Å². The maximum absolute atomic E-state index is 5.74. The summed E-state index contributed by atoms with van der Waals surface area (Å²) >= 11 is 8.59. The number of hydrogen-bond acceptors (Lipinski definition) is 3. The second-order valence-corrected chi connectivity index (χ2v) is 6.87. The van der Waals surface area contributed by atoms with Crippen molar-refractivity contribution in [3.8, 4) is 5.75 Å². The monoisotopic (exact) mass is 375 g/mol. The second-order valence-electron chi connectivity index (χ2n) is 3.46. The molecule has 0 radical (unpaired) electrons. The Bertz CT molecular complexity index is 513. The Labute approximate surface area is 121 Å². The van der Waals surface area contributed by atoms with Gasteiger partial charge in [0.05, 0.1) is 8.26 Å². The molecular formula is C12H11Br2NOS. The smallest absolute Gasteiger partial charge is 0.134 e. The minimum atomic E-state index is 0.538. The molecule has 1 aromatic carbocycles. The molecule has 5 heteroatoms. The zero-order chi connectivity index (χ0) is 12.3. The van der Waals surface area contributed by atoms with Crippen LogP contribution in [0.2, 0.25) is 0 Å². The Morgan fingerprint density at radius 3 is 2.59 bits per heavy atom. The molecule has 2 rings (SSSR count). The first kappa shape index (κ1) is 13.1. The van der Waals surface area contributed by atoms with E-state index in [9.17, 15) is 0 Å². The highest BCUT2D eigenvalue weighted by molar-refractivity contribution is 9.11. The number of ether oxygens (including phenoxy) is 1. The van der Waals surface area contributed by atoms with Gasteiger partial charge in [-0.05, 0) is 61.7 Å². The Morgan fingerprint density at radius 2 is 2.00 bits per heavy atom. The topological polar surface area (TPSA) is 35.2 Å². The number of rotatable bonds is 4. The van der Waals surface area contributed by atoms with E-state index in [4.69, 9.17) is 10.5 Å². The highest BCUT2D eigenvalue weighted by atomic mass is 79.9. The minimum Gasteiger partial charge on any atom is -0.487 e. The summed E-state index contributed by atoms with van der Waals surface area (Å²) in [5.74, 6) is 0.840. The normalized spacial score (nSPS) is 10.5. The molecule has 0 atom stereocenters. The standard InChI is InChI=1S/C12H11Br2NOS/c13-10-5-8(6-15)1-3-11(10)16-7-9-2-4-12(14)17-9/h1-5H,6-7,15H2. The number of halogens is 2. The first-order valence-corrected chi connectivity index (χ1v) is 7.45. The molecule has 0 aliphatic rings. The molecule has 0 saturated carbocycles. The third-order valence-electron chi connectivity index (χ3n) is 2.23. The third kappa shape index (κ3) is 3.55. The van der Waals surface area contributed by atoms with Crippen LogP contribution in [0.4, 0.5) is 0 Å². The zero-order valence-electron chi connectivity index (χ0n) is 8.95. The zero-order valence-corrected chi connectivity index (χ0v) is 12.9. The van der Waals surface area contributed by atoms with Gasteiger partial charge in [0.25, 0.3) is 0 Å². The van der Waals surface area contributed by atoms with Crippen molar-refractivity contribution in [3.63, 3.8) is 0 Å². The second kappa shape index (κ2) is 6.00. The predicted molar refractivity (Wildman–Crippen MR) is 78.4 cm³/mol. The lowest BCUT2D eigenvalue weighted by atomic mass is 10.2. The molecule has 2 aromatic rings. The van der Waals surface area contributed by atoms with Gasteiger partial charge in [0.2, 0.25) is 0 Å². The van der Waals surface area contributed by atoms with Crippen LogP contribution in [0, 0.1) is 0 Å². The number of thiophene rings is 1. The molecule has 1 heterocycles. The van der Waals surface area contributed by atoms with Crippen molar-refractivity contribution in [3.05, 3.63) is 49.0 Å². The molecular weight excluding hydrogens is 366 g/mol. The summed E-state index contributed by atoms with van der Waals surface area (Å²) in [6, 6.07) is 9.98. The molecule has 0 aliphatic carbocycles. The summed E-state index contributed by atoms with van der Waals surface area (Å²) in [7, 11) is 0. The van der Waals surface area contributed by atoms with Gasteiger partial charge in [0.1, 0.15) is 12.4 Å². The van der Waals surface area contributed by atoms with Crippen molar-refractivity contribution in [2.45, 2.75) is 13.2 Å². The van der Waals surface area contributed by atoms with Crippen molar-refractivity contribution in [1.29, 1.82) is 0 Å². The lowest BCUT2D eigenvalue weighted by Crippen LogP contribution is -1.98. The lowest BCUT2D eigenvalue weighted by molar-refractivity contribution is 0.308. The third-order valence-corrected chi connectivity index (χ3v) is 4.45. The van der Waals surface area contributed by atoms with Gasteiger partial charge >= 0.3 is 0 Å².